The standard InChI is InChI=1S/C26H23N7O/c1-32-14-16(12-29-32)21-6-4-18-22(30-21)7-8-24(18)33(2)26(34)15-3-5-23-19(11-15)20-13-28-10-9-17(20)25(27)31-23/h3-6,9-14,24H,7-8H2,1-2H3,(H2,27,31). The first-order valence-corrected chi connectivity index (χ1v) is 11.2. The average Bonchev–Trinajstić information content (AvgIpc) is 3.49. The Morgan fingerprint density at radius 1 is 1.09 bits per heavy atom. The van der Waals surface area contributed by atoms with E-state index in [4.69, 9.17) is 10.7 Å². The summed E-state index contributed by atoms with van der Waals surface area (Å²) in [6.45, 7) is 0. The van der Waals surface area contributed by atoms with Crippen molar-refractivity contribution >= 4 is 33.4 Å². The Bertz CT molecular complexity index is 1590. The number of pyridine rings is 3. The molecule has 1 unspecified atom stereocenters. The third-order valence-electron chi connectivity index (χ3n) is 6.68. The Balaban J connectivity index is 1.33. The Morgan fingerprint density at radius 3 is 2.79 bits per heavy atom. The number of nitrogens with two attached hydrogens (primary N) is 1. The Kier molecular flexibility index (Phi) is 4.55. The van der Waals surface area contributed by atoms with Crippen molar-refractivity contribution in [2.45, 2.75) is 18.9 Å². The van der Waals surface area contributed by atoms with Crippen LogP contribution >= 0.6 is 0 Å². The number of rotatable bonds is 3. The summed E-state index contributed by atoms with van der Waals surface area (Å²) in [5.41, 5.74) is 11.5. The molecule has 8 nitrogen and oxygen atoms in total. The first-order chi connectivity index (χ1) is 16.5. The first-order valence-electron chi connectivity index (χ1n) is 11.2. The van der Waals surface area contributed by atoms with Crippen molar-refractivity contribution in [2.75, 3.05) is 12.8 Å². The number of fused-ring (bicyclic) bond motifs is 4. The number of amides is 1. The minimum Gasteiger partial charge on any atom is -0.383 e. The van der Waals surface area contributed by atoms with Gasteiger partial charge in [0, 0.05) is 65.7 Å². The van der Waals surface area contributed by atoms with E-state index in [9.17, 15) is 4.79 Å². The number of anilines is 1. The molecular formula is C26H23N7O. The summed E-state index contributed by atoms with van der Waals surface area (Å²) < 4.78 is 1.77. The molecule has 0 spiro atoms. The summed E-state index contributed by atoms with van der Waals surface area (Å²) in [6.07, 6.45) is 8.92. The molecular weight excluding hydrogens is 426 g/mol. The highest BCUT2D eigenvalue weighted by molar-refractivity contribution is 6.11. The van der Waals surface area contributed by atoms with Crippen LogP contribution in [-0.4, -0.2) is 42.6 Å². The zero-order chi connectivity index (χ0) is 23.4. The fourth-order valence-corrected chi connectivity index (χ4v) is 4.91. The number of hydrogen-bond donors (Lipinski definition) is 1. The SMILES string of the molecule is CN(C(=O)c1ccc2nc(N)c3ccncc3c2c1)C1CCc2nc(-c3cnn(C)c3)ccc21. The third-order valence-corrected chi connectivity index (χ3v) is 6.68. The highest BCUT2D eigenvalue weighted by Crippen LogP contribution is 2.36. The number of carbonyl (C=O) groups is 1. The van der Waals surface area contributed by atoms with Crippen molar-refractivity contribution in [3.05, 3.63) is 78.0 Å². The van der Waals surface area contributed by atoms with Crippen LogP contribution in [-0.2, 0) is 13.5 Å². The number of nitrogen functional groups attached to an aromatic ring is 1. The second-order valence-electron chi connectivity index (χ2n) is 8.76. The predicted octanol–water partition coefficient (Wildman–Crippen LogP) is 3.92. The summed E-state index contributed by atoms with van der Waals surface area (Å²) in [7, 11) is 3.76. The highest BCUT2D eigenvalue weighted by Gasteiger charge is 2.30. The molecule has 0 fully saturated rings. The number of aryl methyl sites for hydroxylation is 2. The van der Waals surface area contributed by atoms with Crippen LogP contribution in [0.25, 0.3) is 32.9 Å². The largest absolute Gasteiger partial charge is 0.383 e. The van der Waals surface area contributed by atoms with E-state index in [1.165, 1.54) is 0 Å². The van der Waals surface area contributed by atoms with Crippen molar-refractivity contribution < 1.29 is 4.79 Å². The van der Waals surface area contributed by atoms with Crippen molar-refractivity contribution in [1.82, 2.24) is 29.6 Å². The van der Waals surface area contributed by atoms with E-state index >= 15 is 0 Å². The molecule has 5 aromatic rings. The van der Waals surface area contributed by atoms with Crippen molar-refractivity contribution in [2.24, 2.45) is 7.05 Å². The lowest BCUT2D eigenvalue weighted by Gasteiger charge is -2.25. The molecule has 8 heteroatoms. The minimum absolute atomic E-state index is 0.0170. The van der Waals surface area contributed by atoms with Crippen LogP contribution in [0.4, 0.5) is 5.82 Å². The molecule has 168 valence electrons. The lowest BCUT2D eigenvalue weighted by molar-refractivity contribution is 0.0731. The van der Waals surface area contributed by atoms with Crippen LogP contribution in [0.3, 0.4) is 0 Å². The Morgan fingerprint density at radius 2 is 1.97 bits per heavy atom. The van der Waals surface area contributed by atoms with Gasteiger partial charge in [0.1, 0.15) is 5.82 Å². The van der Waals surface area contributed by atoms with Gasteiger partial charge in [-0.2, -0.15) is 5.10 Å². The lowest BCUT2D eigenvalue weighted by Crippen LogP contribution is -2.30. The molecule has 1 aliphatic carbocycles. The molecule has 0 aliphatic heterocycles. The molecule has 6 rings (SSSR count). The molecule has 34 heavy (non-hydrogen) atoms. The number of carbonyl (C=O) groups excluding carboxylic acids is 1. The Labute approximate surface area is 196 Å². The van der Waals surface area contributed by atoms with Crippen LogP contribution in [0.5, 0.6) is 0 Å². The molecule has 1 atom stereocenters. The van der Waals surface area contributed by atoms with Gasteiger partial charge in [-0.25, -0.2) is 4.98 Å². The van der Waals surface area contributed by atoms with E-state index in [2.05, 4.69) is 21.1 Å². The molecule has 0 bridgehead atoms. The van der Waals surface area contributed by atoms with Crippen LogP contribution in [0.15, 0.2) is 61.2 Å². The van der Waals surface area contributed by atoms with Crippen molar-refractivity contribution in [3.63, 3.8) is 0 Å². The number of hydrogen-bond acceptors (Lipinski definition) is 6. The molecule has 0 saturated carbocycles. The molecule has 2 N–H and O–H groups in total. The fourth-order valence-electron chi connectivity index (χ4n) is 4.91. The molecule has 0 radical (unpaired) electrons. The molecule has 1 amide bonds. The minimum atomic E-state index is -0.0371. The second-order valence-corrected chi connectivity index (χ2v) is 8.76. The Hall–Kier alpha value is -4.33. The van der Waals surface area contributed by atoms with Crippen LogP contribution in [0, 0.1) is 0 Å². The van der Waals surface area contributed by atoms with Crippen molar-refractivity contribution in [1.29, 1.82) is 0 Å². The van der Waals surface area contributed by atoms with Gasteiger partial charge in [-0.05, 0) is 48.7 Å². The van der Waals surface area contributed by atoms with E-state index in [1.54, 1.807) is 17.1 Å². The van der Waals surface area contributed by atoms with Gasteiger partial charge in [0.25, 0.3) is 5.91 Å². The summed E-state index contributed by atoms with van der Waals surface area (Å²) >= 11 is 0. The molecule has 4 heterocycles. The summed E-state index contributed by atoms with van der Waals surface area (Å²) in [6, 6.07) is 11.5. The predicted molar refractivity (Wildman–Crippen MR) is 131 cm³/mol. The normalized spacial score (nSPS) is 15.1. The lowest BCUT2D eigenvalue weighted by atomic mass is 10.0. The fraction of sp³-hybridized carbons (Fsp3) is 0.192. The number of nitrogens with zero attached hydrogens (tertiary/aromatic N) is 6. The quantitative estimate of drug-likeness (QED) is 0.419. The van der Waals surface area contributed by atoms with Gasteiger partial charge in [0.05, 0.1) is 23.4 Å². The maximum absolute atomic E-state index is 13.5. The first kappa shape index (κ1) is 20.3. The zero-order valence-electron chi connectivity index (χ0n) is 18.9. The van der Waals surface area contributed by atoms with Crippen LogP contribution in [0.2, 0.25) is 0 Å². The maximum Gasteiger partial charge on any atom is 0.254 e. The third kappa shape index (κ3) is 3.18. The van der Waals surface area contributed by atoms with E-state index in [-0.39, 0.29) is 11.9 Å². The van der Waals surface area contributed by atoms with Gasteiger partial charge in [-0.3, -0.25) is 19.4 Å². The maximum atomic E-state index is 13.5. The summed E-state index contributed by atoms with van der Waals surface area (Å²) in [5, 5.41) is 6.83. The van der Waals surface area contributed by atoms with E-state index in [0.29, 0.717) is 11.4 Å². The topological polar surface area (TPSA) is 103 Å². The number of benzene rings is 1. The molecule has 0 saturated heterocycles. The summed E-state index contributed by atoms with van der Waals surface area (Å²) in [4.78, 5) is 28.9. The van der Waals surface area contributed by atoms with E-state index in [1.807, 2.05) is 61.7 Å². The zero-order valence-corrected chi connectivity index (χ0v) is 18.9. The highest BCUT2D eigenvalue weighted by atomic mass is 16.2. The van der Waals surface area contributed by atoms with Gasteiger partial charge >= 0.3 is 0 Å². The van der Waals surface area contributed by atoms with Crippen LogP contribution in [0.1, 0.15) is 34.1 Å². The van der Waals surface area contributed by atoms with Crippen molar-refractivity contribution in [3.8, 4) is 11.3 Å². The summed E-state index contributed by atoms with van der Waals surface area (Å²) in [5.74, 6) is 0.423. The van der Waals surface area contributed by atoms with Crippen LogP contribution < -0.4 is 5.73 Å². The number of aromatic nitrogens is 5. The average molecular weight is 450 g/mol. The molecule has 1 aromatic carbocycles. The van der Waals surface area contributed by atoms with Gasteiger partial charge < -0.3 is 10.6 Å². The van der Waals surface area contributed by atoms with Gasteiger partial charge in [0.2, 0.25) is 0 Å². The molecule has 1 aliphatic rings. The van der Waals surface area contributed by atoms with Gasteiger partial charge in [0.15, 0.2) is 0 Å². The van der Waals surface area contributed by atoms with E-state index < -0.39 is 0 Å². The smallest absolute Gasteiger partial charge is 0.254 e. The monoisotopic (exact) mass is 449 g/mol. The second kappa shape index (κ2) is 7.62. The van der Waals surface area contributed by atoms with Gasteiger partial charge in [-0.15, -0.1) is 0 Å². The van der Waals surface area contributed by atoms with E-state index in [0.717, 1.165) is 57.0 Å². The van der Waals surface area contributed by atoms with Gasteiger partial charge in [-0.1, -0.05) is 6.07 Å². The molecule has 4 aromatic heterocycles.